The van der Waals surface area contributed by atoms with E-state index in [0.29, 0.717) is 6.54 Å². The first-order valence-corrected chi connectivity index (χ1v) is 5.12. The van der Waals surface area contributed by atoms with E-state index in [4.69, 9.17) is 15.8 Å². The number of hydrogen-bond donors (Lipinski definition) is 0. The van der Waals surface area contributed by atoms with Crippen molar-refractivity contribution in [3.05, 3.63) is 41.1 Å². The maximum atomic E-state index is 9.09. The Morgan fingerprint density at radius 2 is 1.76 bits per heavy atom. The number of nitrogens with zero attached hydrogens (tertiary/aromatic N) is 4. The van der Waals surface area contributed by atoms with Gasteiger partial charge in [-0.2, -0.15) is 15.8 Å². The molecule has 0 spiro atoms. The summed E-state index contributed by atoms with van der Waals surface area (Å²) in [5.74, 6) is 0. The van der Waals surface area contributed by atoms with Gasteiger partial charge in [0.1, 0.15) is 23.9 Å². The van der Waals surface area contributed by atoms with Crippen molar-refractivity contribution in [1.82, 2.24) is 0 Å². The summed E-state index contributed by atoms with van der Waals surface area (Å²) in [4.78, 5) is 1.73. The van der Waals surface area contributed by atoms with E-state index in [0.717, 1.165) is 17.7 Å². The highest BCUT2D eigenvalue weighted by atomic mass is 15.2. The maximum Gasteiger partial charge on any atom is 0.164 e. The van der Waals surface area contributed by atoms with Gasteiger partial charge in [-0.15, -0.1) is 0 Å². The van der Waals surface area contributed by atoms with E-state index in [1.54, 1.807) is 17.0 Å². The Balaban J connectivity index is 2.53. The largest absolute Gasteiger partial charge is 0.331 e. The van der Waals surface area contributed by atoms with E-state index in [1.165, 1.54) is 0 Å². The SMILES string of the molecule is N#CC(C#N)=C(C#N)N1CCc2ccccc21. The molecule has 0 N–H and O–H groups in total. The molecule has 2 rings (SSSR count). The summed E-state index contributed by atoms with van der Waals surface area (Å²) in [5.41, 5.74) is 2.05. The van der Waals surface area contributed by atoms with Crippen molar-refractivity contribution in [2.45, 2.75) is 6.42 Å². The summed E-state index contributed by atoms with van der Waals surface area (Å²) >= 11 is 0. The molecule has 80 valence electrons. The Hall–Kier alpha value is -2.77. The van der Waals surface area contributed by atoms with Gasteiger partial charge in [0.25, 0.3) is 0 Å². The van der Waals surface area contributed by atoms with Crippen molar-refractivity contribution >= 4 is 5.69 Å². The lowest BCUT2D eigenvalue weighted by Crippen LogP contribution is -2.20. The molecule has 1 aliphatic heterocycles. The first-order chi connectivity index (χ1) is 8.31. The molecule has 0 saturated heterocycles. The Labute approximate surface area is 99.2 Å². The molecule has 0 aliphatic carbocycles. The third kappa shape index (κ3) is 1.71. The van der Waals surface area contributed by atoms with E-state index in [1.807, 2.05) is 30.3 Å². The molecule has 0 atom stereocenters. The van der Waals surface area contributed by atoms with Crippen LogP contribution < -0.4 is 4.90 Å². The molecule has 0 radical (unpaired) electrons. The van der Waals surface area contributed by atoms with Gasteiger partial charge in [0, 0.05) is 12.2 Å². The van der Waals surface area contributed by atoms with Gasteiger partial charge in [0.15, 0.2) is 5.57 Å². The Kier molecular flexibility index (Phi) is 2.77. The normalized spacial score (nSPS) is 11.9. The van der Waals surface area contributed by atoms with Crippen LogP contribution in [-0.2, 0) is 6.42 Å². The van der Waals surface area contributed by atoms with Crippen molar-refractivity contribution in [3.8, 4) is 18.2 Å². The van der Waals surface area contributed by atoms with Gasteiger partial charge in [-0.05, 0) is 18.1 Å². The number of rotatable bonds is 1. The molecule has 17 heavy (non-hydrogen) atoms. The second kappa shape index (κ2) is 4.39. The molecule has 1 aliphatic rings. The summed E-state index contributed by atoms with van der Waals surface area (Å²) in [6, 6.07) is 13.2. The molecule has 1 aromatic carbocycles. The topological polar surface area (TPSA) is 74.6 Å². The molecule has 0 unspecified atom stereocenters. The fraction of sp³-hybridized carbons (Fsp3) is 0.154. The van der Waals surface area contributed by atoms with Crippen LogP contribution in [-0.4, -0.2) is 6.54 Å². The minimum absolute atomic E-state index is 0.135. The standard InChI is InChI=1S/C13H8N4/c14-7-11(8-15)13(9-16)17-6-5-10-3-1-2-4-12(10)17/h1-4H,5-6H2. The van der Waals surface area contributed by atoms with E-state index in [9.17, 15) is 0 Å². The average molecular weight is 220 g/mol. The van der Waals surface area contributed by atoms with Crippen LogP contribution in [0, 0.1) is 34.0 Å². The Morgan fingerprint density at radius 1 is 1.06 bits per heavy atom. The summed E-state index contributed by atoms with van der Waals surface area (Å²) in [5, 5.41) is 26.7. The van der Waals surface area contributed by atoms with Crippen molar-refractivity contribution in [2.24, 2.45) is 0 Å². The first kappa shape index (κ1) is 10.7. The van der Waals surface area contributed by atoms with Crippen LogP contribution in [0.4, 0.5) is 5.69 Å². The minimum atomic E-state index is -0.135. The highest BCUT2D eigenvalue weighted by Gasteiger charge is 2.24. The molecule has 1 heterocycles. The Morgan fingerprint density at radius 3 is 2.41 bits per heavy atom. The fourth-order valence-corrected chi connectivity index (χ4v) is 1.95. The summed E-state index contributed by atoms with van der Waals surface area (Å²) < 4.78 is 0. The molecule has 0 bridgehead atoms. The zero-order valence-corrected chi connectivity index (χ0v) is 9.01. The minimum Gasteiger partial charge on any atom is -0.331 e. The van der Waals surface area contributed by atoms with Crippen LogP contribution in [0.1, 0.15) is 5.56 Å². The molecular weight excluding hydrogens is 212 g/mol. The van der Waals surface area contributed by atoms with Gasteiger partial charge in [0.05, 0.1) is 0 Å². The van der Waals surface area contributed by atoms with Crippen LogP contribution in [0.5, 0.6) is 0 Å². The smallest absolute Gasteiger partial charge is 0.164 e. The van der Waals surface area contributed by atoms with E-state index in [-0.39, 0.29) is 11.3 Å². The van der Waals surface area contributed by atoms with Crippen LogP contribution >= 0.6 is 0 Å². The van der Waals surface area contributed by atoms with Gasteiger partial charge in [-0.1, -0.05) is 18.2 Å². The predicted molar refractivity (Wildman–Crippen MR) is 61.4 cm³/mol. The number of anilines is 1. The van der Waals surface area contributed by atoms with Crippen molar-refractivity contribution in [3.63, 3.8) is 0 Å². The number of fused-ring (bicyclic) bond motifs is 1. The van der Waals surface area contributed by atoms with Gasteiger partial charge in [-0.25, -0.2) is 0 Å². The fourth-order valence-electron chi connectivity index (χ4n) is 1.95. The van der Waals surface area contributed by atoms with Crippen molar-refractivity contribution < 1.29 is 0 Å². The lowest BCUT2D eigenvalue weighted by atomic mass is 10.1. The third-order valence-corrected chi connectivity index (χ3v) is 2.72. The maximum absolute atomic E-state index is 9.09. The predicted octanol–water partition coefficient (Wildman–Crippen LogP) is 1.87. The van der Waals surface area contributed by atoms with Crippen LogP contribution in [0.2, 0.25) is 0 Å². The van der Waals surface area contributed by atoms with Gasteiger partial charge in [-0.3, -0.25) is 0 Å². The number of benzene rings is 1. The number of hydrogen-bond acceptors (Lipinski definition) is 4. The highest BCUT2D eigenvalue weighted by molar-refractivity contribution is 5.67. The molecule has 0 saturated carbocycles. The molecule has 0 fully saturated rings. The molecule has 0 amide bonds. The molecule has 4 heteroatoms. The third-order valence-electron chi connectivity index (χ3n) is 2.72. The molecular formula is C13H8N4. The Bertz CT molecular complexity index is 592. The second-order valence-electron chi connectivity index (χ2n) is 3.59. The van der Waals surface area contributed by atoms with Crippen molar-refractivity contribution in [2.75, 3.05) is 11.4 Å². The molecule has 1 aromatic rings. The number of nitriles is 3. The summed E-state index contributed by atoms with van der Waals surface area (Å²) in [6.07, 6.45) is 0.825. The summed E-state index contributed by atoms with van der Waals surface area (Å²) in [7, 11) is 0. The number of allylic oxidation sites excluding steroid dienone is 2. The lowest BCUT2D eigenvalue weighted by molar-refractivity contribution is 0.962. The zero-order chi connectivity index (χ0) is 12.3. The highest BCUT2D eigenvalue weighted by Crippen LogP contribution is 2.31. The van der Waals surface area contributed by atoms with Crippen LogP contribution in [0.25, 0.3) is 0 Å². The van der Waals surface area contributed by atoms with Gasteiger partial charge in [0.2, 0.25) is 0 Å². The summed E-state index contributed by atoms with van der Waals surface area (Å²) in [6.45, 7) is 0.634. The lowest BCUT2D eigenvalue weighted by Gasteiger charge is -2.17. The van der Waals surface area contributed by atoms with Crippen LogP contribution in [0.15, 0.2) is 35.5 Å². The van der Waals surface area contributed by atoms with E-state index >= 15 is 0 Å². The second-order valence-corrected chi connectivity index (χ2v) is 3.59. The molecule has 4 nitrogen and oxygen atoms in total. The van der Waals surface area contributed by atoms with E-state index < -0.39 is 0 Å². The van der Waals surface area contributed by atoms with E-state index in [2.05, 4.69) is 0 Å². The van der Waals surface area contributed by atoms with Gasteiger partial charge >= 0.3 is 0 Å². The number of para-hydroxylation sites is 1. The van der Waals surface area contributed by atoms with Gasteiger partial charge < -0.3 is 4.90 Å². The van der Waals surface area contributed by atoms with Crippen LogP contribution in [0.3, 0.4) is 0 Å². The monoisotopic (exact) mass is 220 g/mol. The molecule has 0 aromatic heterocycles. The quantitative estimate of drug-likeness (QED) is 0.677. The average Bonchev–Trinajstić information content (AvgIpc) is 2.79. The zero-order valence-electron chi connectivity index (χ0n) is 9.01. The first-order valence-electron chi connectivity index (χ1n) is 5.12. The van der Waals surface area contributed by atoms with Crippen molar-refractivity contribution in [1.29, 1.82) is 15.8 Å².